The van der Waals surface area contributed by atoms with Crippen LogP contribution in [0.3, 0.4) is 0 Å². The molecule has 2 aromatic rings. The van der Waals surface area contributed by atoms with Gasteiger partial charge in [0.15, 0.2) is 0 Å². The number of para-hydroxylation sites is 1. The number of nitrogens with zero attached hydrogens (tertiary/aromatic N) is 2. The van der Waals surface area contributed by atoms with Gasteiger partial charge >= 0.3 is 5.97 Å². The molecule has 1 N–H and O–H groups in total. The van der Waals surface area contributed by atoms with Crippen LogP contribution in [0.15, 0.2) is 48.5 Å². The number of carbonyl (C=O) groups excluding carboxylic acids is 5. The zero-order valence-electron chi connectivity index (χ0n) is 27.3. The van der Waals surface area contributed by atoms with E-state index in [1.807, 2.05) is 42.5 Å². The maximum absolute atomic E-state index is 13.3. The Balaban J connectivity index is 0.986. The molecule has 0 aliphatic carbocycles. The van der Waals surface area contributed by atoms with Crippen LogP contribution in [0.5, 0.6) is 0 Å². The lowest BCUT2D eigenvalue weighted by atomic mass is 9.95. The van der Waals surface area contributed by atoms with E-state index in [2.05, 4.69) is 24.4 Å². The van der Waals surface area contributed by atoms with E-state index in [1.165, 1.54) is 0 Å². The molecule has 4 rings (SSSR count). The number of hydrogen-bond donors (Lipinski definition) is 1. The largest absolute Gasteiger partial charge is 0.378 e. The summed E-state index contributed by atoms with van der Waals surface area (Å²) in [5.41, 5.74) is 5.11. The SMILES string of the molecule is C/C1=C\c2ccccc2N(C(=O)CCC(=O)NCCOCCOCCOCCOCCC(=O)ON2C(=O)CCC2=O)Cc2ccccc21. The molecule has 2 aliphatic rings. The van der Waals surface area contributed by atoms with Crippen LogP contribution in [0.1, 0.15) is 55.7 Å². The van der Waals surface area contributed by atoms with Gasteiger partial charge < -0.3 is 34.0 Å². The van der Waals surface area contributed by atoms with Crippen LogP contribution in [-0.2, 0) is 54.3 Å². The lowest BCUT2D eigenvalue weighted by Gasteiger charge is -2.28. The molecule has 0 unspecified atom stereocenters. The summed E-state index contributed by atoms with van der Waals surface area (Å²) in [6.45, 7) is 5.22. The van der Waals surface area contributed by atoms with E-state index < -0.39 is 17.8 Å². The van der Waals surface area contributed by atoms with Gasteiger partial charge in [-0.1, -0.05) is 42.5 Å². The zero-order valence-corrected chi connectivity index (χ0v) is 27.3. The molecule has 48 heavy (non-hydrogen) atoms. The number of anilines is 1. The molecule has 13 heteroatoms. The zero-order chi connectivity index (χ0) is 34.1. The van der Waals surface area contributed by atoms with Gasteiger partial charge in [0, 0.05) is 32.2 Å². The Hall–Kier alpha value is -4.43. The first kappa shape index (κ1) is 36.4. The van der Waals surface area contributed by atoms with E-state index in [0.717, 1.165) is 28.0 Å². The first-order valence-corrected chi connectivity index (χ1v) is 16.1. The number of allylic oxidation sites excluding steroid dienone is 1. The quantitative estimate of drug-likeness (QED) is 0.175. The fourth-order valence-corrected chi connectivity index (χ4v) is 5.12. The molecule has 0 radical (unpaired) electrons. The van der Waals surface area contributed by atoms with Crippen molar-refractivity contribution in [2.75, 3.05) is 64.3 Å². The molecule has 2 aliphatic heterocycles. The fourth-order valence-electron chi connectivity index (χ4n) is 5.12. The number of amides is 4. The van der Waals surface area contributed by atoms with Crippen molar-refractivity contribution < 1.29 is 47.8 Å². The number of carbonyl (C=O) groups is 5. The number of fused-ring (bicyclic) bond motifs is 2. The monoisotopic (exact) mass is 665 g/mol. The van der Waals surface area contributed by atoms with Crippen LogP contribution in [0.4, 0.5) is 5.69 Å². The highest BCUT2D eigenvalue weighted by Crippen LogP contribution is 2.32. The molecule has 2 heterocycles. The summed E-state index contributed by atoms with van der Waals surface area (Å²) >= 11 is 0. The van der Waals surface area contributed by atoms with Crippen LogP contribution in [-0.4, -0.2) is 94.1 Å². The first-order chi connectivity index (χ1) is 23.3. The number of hydroxylamine groups is 2. The molecule has 1 fully saturated rings. The van der Waals surface area contributed by atoms with Gasteiger partial charge in [0.1, 0.15) is 0 Å². The summed E-state index contributed by atoms with van der Waals surface area (Å²) in [5, 5.41) is 3.31. The van der Waals surface area contributed by atoms with Crippen molar-refractivity contribution in [3.8, 4) is 0 Å². The Morgan fingerprint density at radius 3 is 2.04 bits per heavy atom. The Bertz CT molecular complexity index is 1440. The highest BCUT2D eigenvalue weighted by atomic mass is 16.7. The van der Waals surface area contributed by atoms with Crippen molar-refractivity contribution in [1.29, 1.82) is 0 Å². The third-order valence-corrected chi connectivity index (χ3v) is 7.57. The van der Waals surface area contributed by atoms with Crippen molar-refractivity contribution in [3.05, 3.63) is 65.2 Å². The number of benzene rings is 2. The highest BCUT2D eigenvalue weighted by Gasteiger charge is 2.32. The summed E-state index contributed by atoms with van der Waals surface area (Å²) in [5.74, 6) is -2.08. The average Bonchev–Trinajstić information content (AvgIpc) is 3.39. The molecule has 0 spiro atoms. The normalized spacial score (nSPS) is 15.2. The van der Waals surface area contributed by atoms with Crippen LogP contribution in [0.25, 0.3) is 11.6 Å². The van der Waals surface area contributed by atoms with E-state index in [4.69, 9.17) is 23.8 Å². The molecule has 0 bridgehead atoms. The number of ether oxygens (including phenoxy) is 4. The van der Waals surface area contributed by atoms with Gasteiger partial charge in [-0.15, -0.1) is 5.06 Å². The molecule has 1 saturated heterocycles. The number of rotatable bonds is 19. The molecule has 0 saturated carbocycles. The summed E-state index contributed by atoms with van der Waals surface area (Å²) in [6, 6.07) is 15.9. The van der Waals surface area contributed by atoms with Crippen LogP contribution in [0.2, 0.25) is 0 Å². The third-order valence-electron chi connectivity index (χ3n) is 7.57. The van der Waals surface area contributed by atoms with E-state index in [-0.39, 0.29) is 57.1 Å². The number of hydrogen-bond acceptors (Lipinski definition) is 10. The van der Waals surface area contributed by atoms with Gasteiger partial charge in [0.2, 0.25) is 11.8 Å². The van der Waals surface area contributed by atoms with E-state index in [9.17, 15) is 24.0 Å². The topological polar surface area (TPSA) is 150 Å². The minimum Gasteiger partial charge on any atom is -0.378 e. The second kappa shape index (κ2) is 19.4. The molecule has 0 aromatic heterocycles. The summed E-state index contributed by atoms with van der Waals surface area (Å²) in [6.07, 6.45) is 2.27. The van der Waals surface area contributed by atoms with Gasteiger partial charge in [0.05, 0.1) is 71.5 Å². The molecule has 2 aromatic carbocycles. The van der Waals surface area contributed by atoms with E-state index >= 15 is 0 Å². The Morgan fingerprint density at radius 1 is 0.729 bits per heavy atom. The summed E-state index contributed by atoms with van der Waals surface area (Å²) in [7, 11) is 0. The minimum atomic E-state index is -0.713. The Kier molecular flexibility index (Phi) is 14.7. The van der Waals surface area contributed by atoms with Crippen molar-refractivity contribution in [2.45, 2.75) is 45.6 Å². The molecule has 4 amide bonds. The van der Waals surface area contributed by atoms with Crippen LogP contribution < -0.4 is 10.2 Å². The number of nitrogens with one attached hydrogen (secondary N) is 1. The molecular weight excluding hydrogens is 622 g/mol. The predicted octanol–water partition coefficient (Wildman–Crippen LogP) is 3.05. The van der Waals surface area contributed by atoms with Crippen LogP contribution in [0, 0.1) is 0 Å². The van der Waals surface area contributed by atoms with Gasteiger partial charge in [-0.25, -0.2) is 4.79 Å². The summed E-state index contributed by atoms with van der Waals surface area (Å²) in [4.78, 5) is 66.8. The van der Waals surface area contributed by atoms with Crippen molar-refractivity contribution >= 4 is 46.9 Å². The van der Waals surface area contributed by atoms with Crippen LogP contribution >= 0.6 is 0 Å². The molecular formula is C35H43N3O10. The highest BCUT2D eigenvalue weighted by molar-refractivity contribution is 6.01. The third kappa shape index (κ3) is 11.4. The molecule has 258 valence electrons. The minimum absolute atomic E-state index is 0.0487. The maximum Gasteiger partial charge on any atom is 0.335 e. The van der Waals surface area contributed by atoms with E-state index in [0.29, 0.717) is 57.8 Å². The lowest BCUT2D eigenvalue weighted by Crippen LogP contribution is -2.34. The van der Waals surface area contributed by atoms with Gasteiger partial charge in [-0.3, -0.25) is 19.2 Å². The average molecular weight is 666 g/mol. The smallest absolute Gasteiger partial charge is 0.335 e. The van der Waals surface area contributed by atoms with Crippen molar-refractivity contribution in [2.24, 2.45) is 0 Å². The standard InChI is InChI=1S/C35H43N3O10/c1-26-24-27-6-3-5-9-30(27)37(25-28-7-2-4-8-29(26)28)32(40)11-10-31(39)36-15-17-45-19-21-47-23-22-46-20-18-44-16-14-35(43)48-38-33(41)12-13-34(38)42/h2-9,24H,10-23,25H2,1H3,(H,36,39)/b26-24+. The predicted molar refractivity (Wildman–Crippen MR) is 175 cm³/mol. The van der Waals surface area contributed by atoms with Crippen molar-refractivity contribution in [1.82, 2.24) is 10.4 Å². The van der Waals surface area contributed by atoms with Gasteiger partial charge in [-0.05, 0) is 41.3 Å². The Labute approximate surface area is 280 Å². The lowest BCUT2D eigenvalue weighted by molar-refractivity contribution is -0.198. The van der Waals surface area contributed by atoms with Gasteiger partial charge in [-0.2, -0.15) is 0 Å². The second-order valence-corrected chi connectivity index (χ2v) is 11.1. The van der Waals surface area contributed by atoms with Crippen molar-refractivity contribution in [3.63, 3.8) is 0 Å². The first-order valence-electron chi connectivity index (χ1n) is 16.1. The Morgan fingerprint density at radius 2 is 1.33 bits per heavy atom. The molecule has 13 nitrogen and oxygen atoms in total. The molecule has 0 atom stereocenters. The number of imide groups is 1. The van der Waals surface area contributed by atoms with Gasteiger partial charge in [0.25, 0.3) is 11.8 Å². The second-order valence-electron chi connectivity index (χ2n) is 11.1. The maximum atomic E-state index is 13.3. The fraction of sp³-hybridized carbons (Fsp3) is 0.457. The van der Waals surface area contributed by atoms with E-state index in [1.54, 1.807) is 4.90 Å². The summed E-state index contributed by atoms with van der Waals surface area (Å²) < 4.78 is 21.6.